The summed E-state index contributed by atoms with van der Waals surface area (Å²) in [6.45, 7) is 4.44. The van der Waals surface area contributed by atoms with Gasteiger partial charge in [0.2, 0.25) is 0 Å². The second-order valence-corrected chi connectivity index (χ2v) is 6.71. The Bertz CT molecular complexity index is 925. The molecule has 0 N–H and O–H groups in total. The third-order valence-corrected chi connectivity index (χ3v) is 4.44. The number of rotatable bonds is 6. The second kappa shape index (κ2) is 8.45. The molecule has 0 aliphatic rings. The van der Waals surface area contributed by atoms with Gasteiger partial charge in [0.1, 0.15) is 6.61 Å². The number of esters is 1. The van der Waals surface area contributed by atoms with E-state index in [0.29, 0.717) is 17.0 Å². The van der Waals surface area contributed by atoms with Crippen molar-refractivity contribution in [1.29, 1.82) is 0 Å². The van der Waals surface area contributed by atoms with Crippen LogP contribution in [0.3, 0.4) is 0 Å². The fourth-order valence-electron chi connectivity index (χ4n) is 2.83. The number of carbonyl (C=O) groups excluding carboxylic acids is 2. The van der Waals surface area contributed by atoms with Crippen LogP contribution >= 0.6 is 0 Å². The van der Waals surface area contributed by atoms with Gasteiger partial charge in [0.25, 0.3) is 0 Å². The molecular formula is C24H22O3. The van der Waals surface area contributed by atoms with Crippen LogP contribution in [-0.2, 0) is 11.3 Å². The molecule has 0 amide bonds. The Morgan fingerprint density at radius 2 is 1.37 bits per heavy atom. The second-order valence-electron chi connectivity index (χ2n) is 6.71. The number of carbonyl (C=O) groups is 2. The molecule has 0 saturated heterocycles. The lowest BCUT2D eigenvalue weighted by molar-refractivity contribution is 0.0470. The van der Waals surface area contributed by atoms with Crippen molar-refractivity contribution in [3.8, 4) is 0 Å². The molecule has 0 unspecified atom stereocenters. The standard InChI is InChI=1S/C24H22O3/c1-17(2)19-14-12-18(13-15-19)16-27-24(26)22-11-7-6-10-21(22)23(25)20-8-4-3-5-9-20/h3-15,17H,16H2,1-2H3. The minimum atomic E-state index is -0.497. The zero-order valence-corrected chi connectivity index (χ0v) is 15.5. The molecule has 0 fully saturated rings. The molecule has 0 aliphatic carbocycles. The van der Waals surface area contributed by atoms with Gasteiger partial charge in [0, 0.05) is 11.1 Å². The van der Waals surface area contributed by atoms with Gasteiger partial charge < -0.3 is 4.74 Å². The van der Waals surface area contributed by atoms with Crippen molar-refractivity contribution in [2.24, 2.45) is 0 Å². The third kappa shape index (κ3) is 4.50. The van der Waals surface area contributed by atoms with Crippen molar-refractivity contribution in [3.63, 3.8) is 0 Å². The molecule has 3 heteroatoms. The van der Waals surface area contributed by atoms with E-state index in [1.807, 2.05) is 30.3 Å². The molecule has 0 saturated carbocycles. The Morgan fingerprint density at radius 1 is 0.778 bits per heavy atom. The summed E-state index contributed by atoms with van der Waals surface area (Å²) in [6, 6.07) is 23.7. The molecule has 27 heavy (non-hydrogen) atoms. The molecule has 0 spiro atoms. The monoisotopic (exact) mass is 358 g/mol. The van der Waals surface area contributed by atoms with Gasteiger partial charge >= 0.3 is 5.97 Å². The Labute approximate surface area is 159 Å². The highest BCUT2D eigenvalue weighted by molar-refractivity contribution is 6.14. The van der Waals surface area contributed by atoms with E-state index in [4.69, 9.17) is 4.74 Å². The number of ketones is 1. The van der Waals surface area contributed by atoms with E-state index >= 15 is 0 Å². The average molecular weight is 358 g/mol. The SMILES string of the molecule is CC(C)c1ccc(COC(=O)c2ccccc2C(=O)c2ccccc2)cc1. The lowest BCUT2D eigenvalue weighted by Crippen LogP contribution is -2.12. The van der Waals surface area contributed by atoms with Crippen LogP contribution < -0.4 is 0 Å². The number of ether oxygens (including phenoxy) is 1. The van der Waals surface area contributed by atoms with E-state index in [9.17, 15) is 9.59 Å². The van der Waals surface area contributed by atoms with Gasteiger partial charge in [-0.05, 0) is 23.1 Å². The largest absolute Gasteiger partial charge is 0.457 e. The molecule has 3 rings (SSSR count). The molecule has 0 aromatic heterocycles. The Balaban J connectivity index is 1.74. The summed E-state index contributed by atoms with van der Waals surface area (Å²) in [5, 5.41) is 0. The zero-order chi connectivity index (χ0) is 19.2. The van der Waals surface area contributed by atoms with Crippen LogP contribution in [0.5, 0.6) is 0 Å². The molecule has 0 bridgehead atoms. The minimum Gasteiger partial charge on any atom is -0.457 e. The highest BCUT2D eigenvalue weighted by Gasteiger charge is 2.19. The maximum absolute atomic E-state index is 12.7. The summed E-state index contributed by atoms with van der Waals surface area (Å²) in [5.74, 6) is -0.232. The van der Waals surface area contributed by atoms with Crippen LogP contribution in [0.4, 0.5) is 0 Å². The predicted molar refractivity (Wildman–Crippen MR) is 106 cm³/mol. The third-order valence-electron chi connectivity index (χ3n) is 4.44. The molecule has 0 aliphatic heterocycles. The molecule has 0 atom stereocenters. The van der Waals surface area contributed by atoms with Crippen LogP contribution in [0.1, 0.15) is 57.2 Å². The topological polar surface area (TPSA) is 43.4 Å². The predicted octanol–water partition coefficient (Wildman–Crippen LogP) is 5.40. The van der Waals surface area contributed by atoms with Crippen LogP contribution in [0.25, 0.3) is 0 Å². The lowest BCUT2D eigenvalue weighted by Gasteiger charge is -2.10. The van der Waals surface area contributed by atoms with Crippen LogP contribution in [0, 0.1) is 0 Å². The van der Waals surface area contributed by atoms with Gasteiger partial charge in [-0.3, -0.25) is 4.79 Å². The molecular weight excluding hydrogens is 336 g/mol. The van der Waals surface area contributed by atoms with Crippen molar-refractivity contribution in [2.45, 2.75) is 26.4 Å². The van der Waals surface area contributed by atoms with E-state index in [0.717, 1.165) is 5.56 Å². The summed E-state index contributed by atoms with van der Waals surface area (Å²) in [5.41, 5.74) is 3.33. The Kier molecular flexibility index (Phi) is 5.82. The molecule has 136 valence electrons. The van der Waals surface area contributed by atoms with E-state index in [-0.39, 0.29) is 18.0 Å². The van der Waals surface area contributed by atoms with E-state index < -0.39 is 5.97 Å². The van der Waals surface area contributed by atoms with Crippen molar-refractivity contribution >= 4 is 11.8 Å². The summed E-state index contributed by atoms with van der Waals surface area (Å²) in [6.07, 6.45) is 0. The Morgan fingerprint density at radius 3 is 2.00 bits per heavy atom. The van der Waals surface area contributed by atoms with Crippen molar-refractivity contribution in [2.75, 3.05) is 0 Å². The maximum Gasteiger partial charge on any atom is 0.339 e. The highest BCUT2D eigenvalue weighted by Crippen LogP contribution is 2.18. The summed E-state index contributed by atoms with van der Waals surface area (Å²) < 4.78 is 5.45. The quantitative estimate of drug-likeness (QED) is 0.438. The average Bonchev–Trinajstić information content (AvgIpc) is 2.72. The van der Waals surface area contributed by atoms with Gasteiger partial charge in [-0.15, -0.1) is 0 Å². The maximum atomic E-state index is 12.7. The van der Waals surface area contributed by atoms with Gasteiger partial charge in [-0.1, -0.05) is 86.6 Å². The highest BCUT2D eigenvalue weighted by atomic mass is 16.5. The molecule has 3 aromatic carbocycles. The van der Waals surface area contributed by atoms with Crippen LogP contribution in [0.2, 0.25) is 0 Å². The van der Waals surface area contributed by atoms with Crippen molar-refractivity contribution in [1.82, 2.24) is 0 Å². The van der Waals surface area contributed by atoms with E-state index in [1.54, 1.807) is 48.5 Å². The van der Waals surface area contributed by atoms with Gasteiger partial charge in [0.15, 0.2) is 5.78 Å². The summed E-state index contributed by atoms with van der Waals surface area (Å²) >= 11 is 0. The van der Waals surface area contributed by atoms with Crippen LogP contribution in [0.15, 0.2) is 78.9 Å². The van der Waals surface area contributed by atoms with Crippen molar-refractivity contribution < 1.29 is 14.3 Å². The van der Waals surface area contributed by atoms with Gasteiger partial charge in [0.05, 0.1) is 5.56 Å². The molecule has 0 heterocycles. The fourth-order valence-corrected chi connectivity index (χ4v) is 2.83. The molecule has 3 nitrogen and oxygen atoms in total. The van der Waals surface area contributed by atoms with E-state index in [2.05, 4.69) is 13.8 Å². The Hall–Kier alpha value is -3.20. The lowest BCUT2D eigenvalue weighted by atomic mass is 9.98. The first-order chi connectivity index (χ1) is 13.1. The van der Waals surface area contributed by atoms with E-state index in [1.165, 1.54) is 5.56 Å². The molecule has 3 aromatic rings. The van der Waals surface area contributed by atoms with Gasteiger partial charge in [-0.2, -0.15) is 0 Å². The van der Waals surface area contributed by atoms with Crippen molar-refractivity contribution in [3.05, 3.63) is 107 Å². The normalized spacial score (nSPS) is 10.6. The van der Waals surface area contributed by atoms with Crippen LogP contribution in [-0.4, -0.2) is 11.8 Å². The fraction of sp³-hybridized carbons (Fsp3) is 0.167. The first-order valence-electron chi connectivity index (χ1n) is 9.01. The number of hydrogen-bond acceptors (Lipinski definition) is 3. The first kappa shape index (κ1) is 18.6. The first-order valence-corrected chi connectivity index (χ1v) is 9.01. The summed E-state index contributed by atoms with van der Waals surface area (Å²) in [7, 11) is 0. The number of benzene rings is 3. The smallest absolute Gasteiger partial charge is 0.339 e. The minimum absolute atomic E-state index is 0.172. The van der Waals surface area contributed by atoms with Gasteiger partial charge in [-0.25, -0.2) is 4.79 Å². The molecule has 0 radical (unpaired) electrons. The summed E-state index contributed by atoms with van der Waals surface area (Å²) in [4.78, 5) is 25.3. The zero-order valence-electron chi connectivity index (χ0n) is 15.5. The number of hydrogen-bond donors (Lipinski definition) is 0.